The minimum absolute atomic E-state index is 0.349. The summed E-state index contributed by atoms with van der Waals surface area (Å²) in [6, 6.07) is 6.56. The SMILES string of the molecule is CCNc1cc(NC(C)Cc2cccs2)nc(C)n1. The molecule has 0 saturated carbocycles. The number of rotatable bonds is 6. The predicted octanol–water partition coefficient (Wildman–Crippen LogP) is 3.32. The van der Waals surface area contributed by atoms with Gasteiger partial charge in [0.1, 0.15) is 17.5 Å². The first-order chi connectivity index (χ1) is 9.17. The second-order valence-corrected chi connectivity index (χ2v) is 5.58. The third-order valence-electron chi connectivity index (χ3n) is 2.68. The molecule has 19 heavy (non-hydrogen) atoms. The molecule has 2 aromatic rings. The smallest absolute Gasteiger partial charge is 0.132 e. The first-order valence-electron chi connectivity index (χ1n) is 6.56. The highest BCUT2D eigenvalue weighted by Gasteiger charge is 2.07. The molecular weight excluding hydrogens is 256 g/mol. The summed E-state index contributed by atoms with van der Waals surface area (Å²) in [5, 5.41) is 8.77. The Labute approximate surface area is 118 Å². The molecule has 1 unspecified atom stereocenters. The zero-order valence-electron chi connectivity index (χ0n) is 11.6. The van der Waals surface area contributed by atoms with E-state index < -0.39 is 0 Å². The van der Waals surface area contributed by atoms with Crippen LogP contribution in [-0.4, -0.2) is 22.6 Å². The van der Waals surface area contributed by atoms with E-state index in [-0.39, 0.29) is 0 Å². The number of hydrogen-bond donors (Lipinski definition) is 2. The van der Waals surface area contributed by atoms with Crippen LogP contribution >= 0.6 is 11.3 Å². The number of hydrogen-bond acceptors (Lipinski definition) is 5. The molecule has 0 saturated heterocycles. The Morgan fingerprint density at radius 3 is 2.79 bits per heavy atom. The summed E-state index contributed by atoms with van der Waals surface area (Å²) in [4.78, 5) is 10.2. The fourth-order valence-electron chi connectivity index (χ4n) is 1.95. The van der Waals surface area contributed by atoms with Gasteiger partial charge in [-0.25, -0.2) is 9.97 Å². The van der Waals surface area contributed by atoms with Gasteiger partial charge < -0.3 is 10.6 Å². The van der Waals surface area contributed by atoms with Crippen molar-refractivity contribution in [3.05, 3.63) is 34.3 Å². The maximum Gasteiger partial charge on any atom is 0.132 e. The van der Waals surface area contributed by atoms with Crippen LogP contribution in [0.2, 0.25) is 0 Å². The molecule has 0 radical (unpaired) electrons. The van der Waals surface area contributed by atoms with Gasteiger partial charge in [0, 0.05) is 30.0 Å². The molecule has 2 N–H and O–H groups in total. The van der Waals surface area contributed by atoms with Crippen molar-refractivity contribution in [2.45, 2.75) is 33.2 Å². The van der Waals surface area contributed by atoms with E-state index in [2.05, 4.69) is 52.0 Å². The average Bonchev–Trinajstić information content (AvgIpc) is 2.81. The van der Waals surface area contributed by atoms with Gasteiger partial charge in [-0.15, -0.1) is 11.3 Å². The van der Waals surface area contributed by atoms with Crippen LogP contribution in [0.1, 0.15) is 24.5 Å². The van der Waals surface area contributed by atoms with E-state index in [4.69, 9.17) is 0 Å². The molecule has 0 bridgehead atoms. The van der Waals surface area contributed by atoms with Crippen LogP contribution in [0, 0.1) is 6.92 Å². The molecule has 2 heterocycles. The Bertz CT molecular complexity index is 510. The lowest BCUT2D eigenvalue weighted by Crippen LogP contribution is -2.19. The standard InChI is InChI=1S/C14H20N4S/c1-4-15-13-9-14(18-11(3)17-13)16-10(2)8-12-6-5-7-19-12/h5-7,9-10H,4,8H2,1-3H3,(H2,15,16,17,18). The fraction of sp³-hybridized carbons (Fsp3) is 0.429. The molecule has 0 aliphatic carbocycles. The van der Waals surface area contributed by atoms with E-state index in [0.717, 1.165) is 30.4 Å². The van der Waals surface area contributed by atoms with Crippen molar-refractivity contribution in [2.24, 2.45) is 0 Å². The van der Waals surface area contributed by atoms with Gasteiger partial charge in [-0.05, 0) is 32.2 Å². The van der Waals surface area contributed by atoms with Gasteiger partial charge in [-0.1, -0.05) is 6.07 Å². The highest BCUT2D eigenvalue weighted by atomic mass is 32.1. The van der Waals surface area contributed by atoms with Crippen molar-refractivity contribution >= 4 is 23.0 Å². The third kappa shape index (κ3) is 4.21. The van der Waals surface area contributed by atoms with Crippen molar-refractivity contribution in [3.63, 3.8) is 0 Å². The predicted molar refractivity (Wildman–Crippen MR) is 82.0 cm³/mol. The van der Waals surface area contributed by atoms with Crippen LogP contribution in [0.3, 0.4) is 0 Å². The van der Waals surface area contributed by atoms with Crippen LogP contribution in [0.4, 0.5) is 11.6 Å². The van der Waals surface area contributed by atoms with Crippen LogP contribution in [0.5, 0.6) is 0 Å². The van der Waals surface area contributed by atoms with E-state index >= 15 is 0 Å². The highest BCUT2D eigenvalue weighted by Crippen LogP contribution is 2.15. The van der Waals surface area contributed by atoms with Crippen molar-refractivity contribution in [3.8, 4) is 0 Å². The molecule has 102 valence electrons. The van der Waals surface area contributed by atoms with Crippen molar-refractivity contribution in [1.82, 2.24) is 9.97 Å². The molecule has 1 atom stereocenters. The minimum atomic E-state index is 0.349. The quantitative estimate of drug-likeness (QED) is 0.850. The average molecular weight is 276 g/mol. The Balaban J connectivity index is 2.01. The van der Waals surface area contributed by atoms with Gasteiger partial charge in [-0.3, -0.25) is 0 Å². The number of thiophene rings is 1. The van der Waals surface area contributed by atoms with E-state index in [0.29, 0.717) is 6.04 Å². The zero-order valence-corrected chi connectivity index (χ0v) is 12.4. The molecule has 0 amide bonds. The van der Waals surface area contributed by atoms with E-state index in [9.17, 15) is 0 Å². The summed E-state index contributed by atoms with van der Waals surface area (Å²) in [5.41, 5.74) is 0. The Morgan fingerprint density at radius 2 is 2.11 bits per heavy atom. The summed E-state index contributed by atoms with van der Waals surface area (Å²) in [5.74, 6) is 2.54. The maximum atomic E-state index is 4.43. The van der Waals surface area contributed by atoms with Gasteiger partial charge in [-0.2, -0.15) is 0 Å². The zero-order chi connectivity index (χ0) is 13.7. The van der Waals surface area contributed by atoms with Gasteiger partial charge in [0.15, 0.2) is 0 Å². The number of aryl methyl sites for hydroxylation is 1. The molecular formula is C14H20N4S. The summed E-state index contributed by atoms with van der Waals surface area (Å²) in [7, 11) is 0. The summed E-state index contributed by atoms with van der Waals surface area (Å²) < 4.78 is 0. The van der Waals surface area contributed by atoms with E-state index in [1.54, 1.807) is 11.3 Å². The highest BCUT2D eigenvalue weighted by molar-refractivity contribution is 7.09. The van der Waals surface area contributed by atoms with Gasteiger partial charge in [0.25, 0.3) is 0 Å². The van der Waals surface area contributed by atoms with Crippen LogP contribution in [0.15, 0.2) is 23.6 Å². The summed E-state index contributed by atoms with van der Waals surface area (Å²) >= 11 is 1.79. The molecule has 4 nitrogen and oxygen atoms in total. The first-order valence-corrected chi connectivity index (χ1v) is 7.44. The number of anilines is 2. The number of aromatic nitrogens is 2. The van der Waals surface area contributed by atoms with Crippen LogP contribution in [-0.2, 0) is 6.42 Å². The van der Waals surface area contributed by atoms with Gasteiger partial charge >= 0.3 is 0 Å². The lowest BCUT2D eigenvalue weighted by atomic mass is 10.2. The second kappa shape index (κ2) is 6.52. The normalized spacial score (nSPS) is 12.2. The maximum absolute atomic E-state index is 4.43. The van der Waals surface area contributed by atoms with E-state index in [1.807, 2.05) is 13.0 Å². The molecule has 2 rings (SSSR count). The Morgan fingerprint density at radius 1 is 1.32 bits per heavy atom. The first kappa shape index (κ1) is 13.8. The lowest BCUT2D eigenvalue weighted by Gasteiger charge is -2.15. The van der Waals surface area contributed by atoms with Crippen molar-refractivity contribution in [2.75, 3.05) is 17.2 Å². The molecule has 0 spiro atoms. The van der Waals surface area contributed by atoms with Crippen molar-refractivity contribution < 1.29 is 0 Å². The molecule has 2 aromatic heterocycles. The Hall–Kier alpha value is -1.62. The van der Waals surface area contributed by atoms with E-state index in [1.165, 1.54) is 4.88 Å². The lowest BCUT2D eigenvalue weighted by molar-refractivity contribution is 0.791. The van der Waals surface area contributed by atoms with Crippen LogP contribution in [0.25, 0.3) is 0 Å². The molecule has 0 aliphatic rings. The molecule has 0 aromatic carbocycles. The van der Waals surface area contributed by atoms with Gasteiger partial charge in [0.05, 0.1) is 0 Å². The third-order valence-corrected chi connectivity index (χ3v) is 3.58. The minimum Gasteiger partial charge on any atom is -0.370 e. The summed E-state index contributed by atoms with van der Waals surface area (Å²) in [6.07, 6.45) is 1.01. The topological polar surface area (TPSA) is 49.8 Å². The number of nitrogens with one attached hydrogen (secondary N) is 2. The molecule has 0 fully saturated rings. The van der Waals surface area contributed by atoms with Crippen molar-refractivity contribution in [1.29, 1.82) is 0 Å². The van der Waals surface area contributed by atoms with Gasteiger partial charge in [0.2, 0.25) is 0 Å². The fourth-order valence-corrected chi connectivity index (χ4v) is 2.78. The molecule has 5 heteroatoms. The largest absolute Gasteiger partial charge is 0.370 e. The number of nitrogens with zero attached hydrogens (tertiary/aromatic N) is 2. The van der Waals surface area contributed by atoms with Crippen LogP contribution < -0.4 is 10.6 Å². The summed E-state index contributed by atoms with van der Waals surface area (Å²) in [6.45, 7) is 7.00. The monoisotopic (exact) mass is 276 g/mol. The Kier molecular flexibility index (Phi) is 4.74. The molecule has 0 aliphatic heterocycles. The second-order valence-electron chi connectivity index (χ2n) is 4.54.